The summed E-state index contributed by atoms with van der Waals surface area (Å²) in [6.07, 6.45) is 7.04. The first kappa shape index (κ1) is 25.4. The van der Waals surface area contributed by atoms with Gasteiger partial charge in [0, 0.05) is 62.2 Å². The molecule has 6 rings (SSSR count). The SMILES string of the molecule is Cc1cc(NC(=O)c2cnc([S@](=N)(=O)C3CC3)cc2N2CCC3(CC2)CC3)nc(N2CCC(F)(F)CC2)n1. The third-order valence-electron chi connectivity index (χ3n) is 8.39. The molecule has 0 radical (unpaired) electrons. The molecule has 38 heavy (non-hydrogen) atoms. The van der Waals surface area contributed by atoms with Crippen molar-refractivity contribution < 1.29 is 17.8 Å². The number of hydrogen-bond donors (Lipinski definition) is 2. The number of aryl methyl sites for hydroxylation is 1. The molecule has 2 aromatic heterocycles. The summed E-state index contributed by atoms with van der Waals surface area (Å²) in [7, 11) is -3.02. The van der Waals surface area contributed by atoms with Crippen molar-refractivity contribution in [1.82, 2.24) is 15.0 Å². The van der Waals surface area contributed by atoms with E-state index in [4.69, 9.17) is 4.78 Å². The Balaban J connectivity index is 1.27. The van der Waals surface area contributed by atoms with Gasteiger partial charge in [0.1, 0.15) is 10.8 Å². The molecule has 9 nitrogen and oxygen atoms in total. The van der Waals surface area contributed by atoms with Crippen LogP contribution < -0.4 is 15.1 Å². The molecule has 2 saturated heterocycles. The number of hydrogen-bond acceptors (Lipinski definition) is 8. The molecule has 2 saturated carbocycles. The van der Waals surface area contributed by atoms with E-state index in [9.17, 15) is 17.8 Å². The van der Waals surface area contributed by atoms with Crippen molar-refractivity contribution in [2.45, 2.75) is 74.5 Å². The van der Waals surface area contributed by atoms with Gasteiger partial charge in [0.05, 0.1) is 21.0 Å². The molecule has 204 valence electrons. The van der Waals surface area contributed by atoms with Crippen LogP contribution >= 0.6 is 0 Å². The first-order valence-electron chi connectivity index (χ1n) is 13.4. The minimum absolute atomic E-state index is 0.142. The van der Waals surface area contributed by atoms with Crippen LogP contribution in [-0.4, -0.2) is 62.4 Å². The zero-order valence-corrected chi connectivity index (χ0v) is 22.3. The molecule has 1 atom stereocenters. The fraction of sp³-hybridized carbons (Fsp3) is 0.615. The average Bonchev–Trinajstić information content (AvgIpc) is 3.80. The second-order valence-electron chi connectivity index (χ2n) is 11.3. The molecule has 1 spiro atoms. The number of carbonyl (C=O) groups excluding carboxylic acids is 1. The predicted octanol–water partition coefficient (Wildman–Crippen LogP) is 4.62. The fourth-order valence-corrected chi connectivity index (χ4v) is 7.11. The quantitative estimate of drug-likeness (QED) is 0.544. The summed E-state index contributed by atoms with van der Waals surface area (Å²) in [5.41, 5.74) is 2.04. The molecule has 2 aromatic rings. The van der Waals surface area contributed by atoms with Crippen LogP contribution in [0.3, 0.4) is 0 Å². The van der Waals surface area contributed by atoms with Crippen molar-refractivity contribution in [3.63, 3.8) is 0 Å². The van der Waals surface area contributed by atoms with Gasteiger partial charge in [-0.2, -0.15) is 4.98 Å². The van der Waals surface area contributed by atoms with Crippen LogP contribution in [0.4, 0.5) is 26.2 Å². The molecule has 2 aliphatic heterocycles. The Kier molecular flexibility index (Phi) is 6.08. The molecule has 2 N–H and O–H groups in total. The number of nitrogens with zero attached hydrogens (tertiary/aromatic N) is 5. The fourth-order valence-electron chi connectivity index (χ4n) is 5.47. The second-order valence-corrected chi connectivity index (χ2v) is 13.6. The van der Waals surface area contributed by atoms with Crippen molar-refractivity contribution in [3.05, 3.63) is 29.6 Å². The predicted molar refractivity (Wildman–Crippen MR) is 141 cm³/mol. The summed E-state index contributed by atoms with van der Waals surface area (Å²) in [5, 5.41) is 2.91. The number of anilines is 3. The zero-order valence-electron chi connectivity index (χ0n) is 21.5. The van der Waals surface area contributed by atoms with Crippen molar-refractivity contribution in [1.29, 1.82) is 4.78 Å². The van der Waals surface area contributed by atoms with E-state index < -0.39 is 21.6 Å². The molecular weight excluding hydrogens is 512 g/mol. The van der Waals surface area contributed by atoms with Crippen molar-refractivity contribution in [3.8, 4) is 0 Å². The van der Waals surface area contributed by atoms with Crippen LogP contribution in [0.5, 0.6) is 0 Å². The van der Waals surface area contributed by atoms with E-state index in [-0.39, 0.29) is 42.0 Å². The molecule has 0 unspecified atom stereocenters. The first-order valence-corrected chi connectivity index (χ1v) is 15.0. The van der Waals surface area contributed by atoms with Crippen LogP contribution in [0, 0.1) is 17.1 Å². The Morgan fingerprint density at radius 1 is 1.03 bits per heavy atom. The second kappa shape index (κ2) is 9.10. The number of halogens is 2. The maximum atomic E-state index is 13.6. The minimum Gasteiger partial charge on any atom is -0.371 e. The number of amides is 1. The smallest absolute Gasteiger partial charge is 0.260 e. The Morgan fingerprint density at radius 3 is 2.32 bits per heavy atom. The Morgan fingerprint density at radius 2 is 1.68 bits per heavy atom. The lowest BCUT2D eigenvalue weighted by molar-refractivity contribution is -0.0222. The van der Waals surface area contributed by atoms with E-state index >= 15 is 0 Å². The van der Waals surface area contributed by atoms with Crippen molar-refractivity contribution in [2.75, 3.05) is 41.3 Å². The molecule has 1 amide bonds. The summed E-state index contributed by atoms with van der Waals surface area (Å²) >= 11 is 0. The van der Waals surface area contributed by atoms with E-state index in [0.29, 0.717) is 28.3 Å². The average molecular weight is 546 g/mol. The zero-order chi connectivity index (χ0) is 26.7. The largest absolute Gasteiger partial charge is 0.371 e. The number of nitrogens with one attached hydrogen (secondary N) is 2. The molecule has 12 heteroatoms. The normalized spacial score (nSPS) is 23.7. The third-order valence-corrected chi connectivity index (χ3v) is 10.6. The third kappa shape index (κ3) is 5.06. The van der Waals surface area contributed by atoms with Crippen LogP contribution in [0.1, 0.15) is 67.4 Å². The maximum absolute atomic E-state index is 13.6. The van der Waals surface area contributed by atoms with Gasteiger partial charge in [0.2, 0.25) is 5.95 Å². The van der Waals surface area contributed by atoms with Gasteiger partial charge in [-0.3, -0.25) is 4.79 Å². The van der Waals surface area contributed by atoms with Gasteiger partial charge < -0.3 is 15.1 Å². The Hall–Kier alpha value is -2.89. The Bertz CT molecular complexity index is 1360. The van der Waals surface area contributed by atoms with Crippen molar-refractivity contribution >= 4 is 33.1 Å². The van der Waals surface area contributed by atoms with Crippen molar-refractivity contribution in [2.24, 2.45) is 5.41 Å². The number of alkyl halides is 2. The molecule has 2 aliphatic carbocycles. The number of carbonyl (C=O) groups is 1. The molecule has 0 bridgehead atoms. The van der Waals surface area contributed by atoms with Gasteiger partial charge in [-0.1, -0.05) is 0 Å². The van der Waals surface area contributed by atoms with Gasteiger partial charge in [-0.25, -0.2) is 27.7 Å². The van der Waals surface area contributed by atoms with Crippen LogP contribution in [0.15, 0.2) is 23.4 Å². The number of piperidine rings is 2. The highest BCUT2D eigenvalue weighted by molar-refractivity contribution is 7.93. The van der Waals surface area contributed by atoms with Gasteiger partial charge >= 0.3 is 0 Å². The van der Waals surface area contributed by atoms with E-state index in [1.165, 1.54) is 19.0 Å². The van der Waals surface area contributed by atoms with Gasteiger partial charge in [0.15, 0.2) is 0 Å². The molecule has 4 fully saturated rings. The maximum Gasteiger partial charge on any atom is 0.260 e. The number of rotatable bonds is 6. The lowest BCUT2D eigenvalue weighted by Crippen LogP contribution is -2.40. The highest BCUT2D eigenvalue weighted by Gasteiger charge is 2.45. The summed E-state index contributed by atoms with van der Waals surface area (Å²) in [5.74, 6) is -2.50. The van der Waals surface area contributed by atoms with Gasteiger partial charge in [-0.05, 0) is 56.9 Å². The monoisotopic (exact) mass is 545 g/mol. The summed E-state index contributed by atoms with van der Waals surface area (Å²) in [6.45, 7) is 3.64. The lowest BCUT2D eigenvalue weighted by atomic mass is 9.93. The van der Waals surface area contributed by atoms with E-state index in [2.05, 4.69) is 25.2 Å². The summed E-state index contributed by atoms with van der Waals surface area (Å²) in [6, 6.07) is 3.32. The molecule has 0 aromatic carbocycles. The van der Waals surface area contributed by atoms with Gasteiger partial charge in [0.25, 0.3) is 11.8 Å². The van der Waals surface area contributed by atoms with Gasteiger partial charge in [-0.15, -0.1) is 0 Å². The topological polar surface area (TPSA) is 115 Å². The minimum atomic E-state index is -3.02. The highest BCUT2D eigenvalue weighted by Crippen LogP contribution is 2.54. The first-order chi connectivity index (χ1) is 18.0. The van der Waals surface area contributed by atoms with E-state index in [1.807, 2.05) is 0 Å². The lowest BCUT2D eigenvalue weighted by Gasteiger charge is -2.35. The summed E-state index contributed by atoms with van der Waals surface area (Å²) in [4.78, 5) is 30.6. The highest BCUT2D eigenvalue weighted by atomic mass is 32.2. The van der Waals surface area contributed by atoms with Crippen LogP contribution in [-0.2, 0) is 9.73 Å². The summed E-state index contributed by atoms with van der Waals surface area (Å²) < 4.78 is 48.9. The standard InChI is InChI=1S/C26H33F2N7O2S/c1-17-14-21(33-24(31-17)35-12-8-26(27,28)9-13-35)32-23(36)19-16-30-22(38(29,37)18-2-3-18)15-20(19)34-10-6-25(4-5-25)7-11-34/h14-16,18,29H,2-13H2,1H3,(H,31,32,33,36)/t38-/m1/s1. The van der Waals surface area contributed by atoms with Crippen LogP contribution in [0.25, 0.3) is 0 Å². The van der Waals surface area contributed by atoms with Crippen LogP contribution in [0.2, 0.25) is 0 Å². The molecule has 4 aliphatic rings. The van der Waals surface area contributed by atoms with E-state index in [0.717, 1.165) is 38.8 Å². The molecular formula is C26H33F2N7O2S. The van der Waals surface area contributed by atoms with E-state index in [1.54, 1.807) is 24.0 Å². The number of aromatic nitrogens is 3. The Labute approximate surface area is 221 Å². The number of pyridine rings is 1. The molecule has 4 heterocycles.